The van der Waals surface area contributed by atoms with Gasteiger partial charge in [-0.1, -0.05) is 55.5 Å². The van der Waals surface area contributed by atoms with E-state index >= 15 is 0 Å². The summed E-state index contributed by atoms with van der Waals surface area (Å²) in [5.74, 6) is 0.707. The molecular weight excluding hydrogens is 454 g/mol. The third-order valence-electron chi connectivity index (χ3n) is 6.32. The number of carbonyl (C=O) groups excluding carboxylic acids is 1. The van der Waals surface area contributed by atoms with E-state index in [2.05, 4.69) is 29.2 Å². The van der Waals surface area contributed by atoms with Crippen molar-refractivity contribution in [3.05, 3.63) is 96.0 Å². The van der Waals surface area contributed by atoms with Gasteiger partial charge in [-0.15, -0.1) is 11.3 Å². The van der Waals surface area contributed by atoms with Crippen molar-refractivity contribution in [3.63, 3.8) is 0 Å². The Morgan fingerprint density at radius 3 is 2.69 bits per heavy atom. The molecule has 6 heteroatoms. The molecule has 1 aliphatic heterocycles. The summed E-state index contributed by atoms with van der Waals surface area (Å²) in [5.41, 5.74) is 4.53. The number of aromatic nitrogens is 2. The molecule has 1 unspecified atom stereocenters. The molecule has 6 rings (SSSR count). The van der Waals surface area contributed by atoms with Crippen molar-refractivity contribution < 1.29 is 9.53 Å². The minimum Gasteiger partial charge on any atom is -0.478 e. The molecule has 0 N–H and O–H groups in total. The lowest BCUT2D eigenvalue weighted by molar-refractivity contribution is -0.126. The van der Waals surface area contributed by atoms with Gasteiger partial charge in [0.1, 0.15) is 10.8 Å². The number of pyridine rings is 1. The number of ether oxygens (including phenoxy) is 1. The molecule has 1 amide bonds. The number of rotatable bonds is 5. The van der Waals surface area contributed by atoms with Gasteiger partial charge in [0, 0.05) is 17.1 Å². The molecule has 0 radical (unpaired) electrons. The number of nitrogens with zero attached hydrogens (tertiary/aromatic N) is 3. The second-order valence-electron chi connectivity index (χ2n) is 8.51. The Morgan fingerprint density at radius 1 is 0.971 bits per heavy atom. The average molecular weight is 478 g/mol. The van der Waals surface area contributed by atoms with E-state index in [1.54, 1.807) is 17.5 Å². The molecule has 35 heavy (non-hydrogen) atoms. The number of benzene rings is 3. The van der Waals surface area contributed by atoms with Gasteiger partial charge in [0.25, 0.3) is 5.91 Å². The van der Waals surface area contributed by atoms with Crippen LogP contribution in [-0.2, 0) is 11.3 Å². The van der Waals surface area contributed by atoms with Gasteiger partial charge >= 0.3 is 0 Å². The van der Waals surface area contributed by atoms with Gasteiger partial charge in [0.05, 0.1) is 23.6 Å². The van der Waals surface area contributed by atoms with Crippen molar-refractivity contribution in [2.45, 2.75) is 26.0 Å². The zero-order chi connectivity index (χ0) is 23.8. The monoisotopic (exact) mass is 477 g/mol. The lowest BCUT2D eigenvalue weighted by atomic mass is 10.0. The molecule has 0 bridgehead atoms. The van der Waals surface area contributed by atoms with E-state index in [4.69, 9.17) is 9.72 Å². The number of hydrogen-bond acceptors (Lipinski definition) is 5. The zero-order valence-electron chi connectivity index (χ0n) is 19.2. The predicted octanol–water partition coefficient (Wildman–Crippen LogP) is 6.73. The molecule has 0 spiro atoms. The molecule has 3 heterocycles. The summed E-state index contributed by atoms with van der Waals surface area (Å²) in [6, 6.07) is 26.3. The zero-order valence-corrected chi connectivity index (χ0v) is 20.0. The third kappa shape index (κ3) is 3.96. The Labute approximate surface area is 207 Å². The van der Waals surface area contributed by atoms with E-state index in [-0.39, 0.29) is 5.91 Å². The van der Waals surface area contributed by atoms with Crippen molar-refractivity contribution in [2.24, 2.45) is 0 Å². The van der Waals surface area contributed by atoms with Crippen molar-refractivity contribution in [1.29, 1.82) is 0 Å². The maximum Gasteiger partial charge on any atom is 0.268 e. The van der Waals surface area contributed by atoms with Gasteiger partial charge in [-0.25, -0.2) is 4.98 Å². The van der Waals surface area contributed by atoms with Crippen molar-refractivity contribution in [1.82, 2.24) is 9.97 Å². The molecule has 5 nitrogen and oxygen atoms in total. The molecule has 0 saturated heterocycles. The molecular formula is C29H23N3O2S. The Morgan fingerprint density at radius 2 is 1.83 bits per heavy atom. The molecule has 3 aromatic carbocycles. The number of thiazole rings is 1. The van der Waals surface area contributed by atoms with E-state index in [1.807, 2.05) is 71.8 Å². The number of carbonyl (C=O) groups is 1. The van der Waals surface area contributed by atoms with Crippen LogP contribution in [0.15, 0.2) is 90.4 Å². The average Bonchev–Trinajstić information content (AvgIpc) is 3.41. The lowest BCUT2D eigenvalue weighted by Gasteiger charge is -2.34. The number of hydrogen-bond donors (Lipinski definition) is 0. The van der Waals surface area contributed by atoms with Gasteiger partial charge < -0.3 is 9.64 Å². The summed E-state index contributed by atoms with van der Waals surface area (Å²) < 4.78 is 6.10. The Bertz CT molecular complexity index is 1520. The van der Waals surface area contributed by atoms with Crippen LogP contribution in [0.3, 0.4) is 0 Å². The van der Waals surface area contributed by atoms with Crippen LogP contribution in [0, 0.1) is 0 Å². The molecule has 172 valence electrons. The van der Waals surface area contributed by atoms with Crippen LogP contribution in [0.25, 0.3) is 32.7 Å². The topological polar surface area (TPSA) is 55.3 Å². The third-order valence-corrected chi connectivity index (χ3v) is 7.19. The fraction of sp³-hybridized carbons (Fsp3) is 0.138. The molecule has 0 aliphatic carbocycles. The predicted molar refractivity (Wildman–Crippen MR) is 141 cm³/mol. The molecule has 0 saturated carbocycles. The minimum atomic E-state index is -0.488. The summed E-state index contributed by atoms with van der Waals surface area (Å²) in [6.07, 6.45) is 1.90. The van der Waals surface area contributed by atoms with Crippen LogP contribution in [0.4, 0.5) is 5.69 Å². The first kappa shape index (κ1) is 21.5. The number of anilines is 1. The summed E-state index contributed by atoms with van der Waals surface area (Å²) in [7, 11) is 0. The molecule has 5 aromatic rings. The Kier molecular flexibility index (Phi) is 5.51. The van der Waals surface area contributed by atoms with E-state index in [0.717, 1.165) is 49.7 Å². The van der Waals surface area contributed by atoms with Gasteiger partial charge in [0.2, 0.25) is 0 Å². The van der Waals surface area contributed by atoms with Gasteiger partial charge in [0.15, 0.2) is 6.10 Å². The first-order chi connectivity index (χ1) is 17.2. The molecule has 2 aromatic heterocycles. The fourth-order valence-electron chi connectivity index (χ4n) is 4.52. The Balaban J connectivity index is 1.40. The maximum absolute atomic E-state index is 13.5. The van der Waals surface area contributed by atoms with Gasteiger partial charge in [-0.3, -0.25) is 9.78 Å². The van der Waals surface area contributed by atoms with Crippen molar-refractivity contribution >= 4 is 33.7 Å². The quantitative estimate of drug-likeness (QED) is 0.282. The molecule has 1 atom stereocenters. The second kappa shape index (κ2) is 8.96. The summed E-state index contributed by atoms with van der Waals surface area (Å²) in [4.78, 5) is 24.6. The van der Waals surface area contributed by atoms with Crippen molar-refractivity contribution in [3.8, 4) is 27.7 Å². The lowest BCUT2D eigenvalue weighted by Crippen LogP contribution is -2.45. The highest BCUT2D eigenvalue weighted by Gasteiger charge is 2.34. The largest absolute Gasteiger partial charge is 0.478 e. The first-order valence-corrected chi connectivity index (χ1v) is 12.6. The van der Waals surface area contributed by atoms with E-state index in [0.29, 0.717) is 13.0 Å². The highest BCUT2D eigenvalue weighted by atomic mass is 32.1. The summed E-state index contributed by atoms with van der Waals surface area (Å²) in [6.45, 7) is 2.46. The van der Waals surface area contributed by atoms with Crippen LogP contribution in [0.2, 0.25) is 0 Å². The number of amides is 1. The van der Waals surface area contributed by atoms with Gasteiger partial charge in [-0.05, 0) is 53.1 Å². The minimum absolute atomic E-state index is 0.0162. The molecule has 1 aliphatic rings. The van der Waals surface area contributed by atoms with E-state index < -0.39 is 6.10 Å². The summed E-state index contributed by atoms with van der Waals surface area (Å²) >= 11 is 1.56. The Hall–Kier alpha value is -4.03. The molecule has 0 fully saturated rings. The maximum atomic E-state index is 13.5. The van der Waals surface area contributed by atoms with E-state index in [1.165, 1.54) is 0 Å². The second-order valence-corrected chi connectivity index (χ2v) is 9.37. The number of fused-ring (bicyclic) bond motifs is 2. The van der Waals surface area contributed by atoms with Crippen molar-refractivity contribution in [2.75, 3.05) is 4.90 Å². The highest BCUT2D eigenvalue weighted by Crippen LogP contribution is 2.40. The standard InChI is InChI=1S/C29H23N3O2S/c1-2-26-29(33)32(17-21-10-7-9-19-8-3-4-11-22(19)21)25-16-20(13-14-27(25)34-26)24-18-35-28(31-24)23-12-5-6-15-30-23/h3-16,18,26H,2,17H2,1H3. The first-order valence-electron chi connectivity index (χ1n) is 11.7. The smallest absolute Gasteiger partial charge is 0.268 e. The van der Waals surface area contributed by atoms with Crippen LogP contribution < -0.4 is 9.64 Å². The van der Waals surface area contributed by atoms with Gasteiger partial charge in [-0.2, -0.15) is 0 Å². The van der Waals surface area contributed by atoms with Crippen LogP contribution in [-0.4, -0.2) is 22.0 Å². The van der Waals surface area contributed by atoms with Crippen LogP contribution >= 0.6 is 11.3 Å². The SMILES string of the molecule is CCC1Oc2ccc(-c3csc(-c4ccccn4)n3)cc2N(Cc2cccc3ccccc23)C1=O. The normalized spacial score (nSPS) is 15.2. The summed E-state index contributed by atoms with van der Waals surface area (Å²) in [5, 5.41) is 5.21. The van der Waals surface area contributed by atoms with E-state index in [9.17, 15) is 4.79 Å². The highest BCUT2D eigenvalue weighted by molar-refractivity contribution is 7.13. The van der Waals surface area contributed by atoms with Crippen LogP contribution in [0.5, 0.6) is 5.75 Å². The fourth-order valence-corrected chi connectivity index (χ4v) is 5.32. The van der Waals surface area contributed by atoms with Crippen LogP contribution in [0.1, 0.15) is 18.9 Å².